The van der Waals surface area contributed by atoms with Crippen LogP contribution in [0.1, 0.15) is 19.3 Å². The molecule has 3 heterocycles. The first-order valence-corrected chi connectivity index (χ1v) is 8.70. The topological polar surface area (TPSA) is 53.1 Å². The van der Waals surface area contributed by atoms with Gasteiger partial charge in [-0.25, -0.2) is 4.79 Å². The van der Waals surface area contributed by atoms with Crippen molar-refractivity contribution in [2.45, 2.75) is 31.3 Å². The Kier molecular flexibility index (Phi) is 3.79. The van der Waals surface area contributed by atoms with Crippen LogP contribution < -0.4 is 9.64 Å². The number of benzene rings is 1. The SMILES string of the molecule is COc1ccc(Cl)cc1N1CC[C@H](N2C(=O)[C@@H]3CCCN3C2=O)C1. The standard InChI is InChI=1S/C17H20ClN3O3/c1-24-15-5-4-11(18)9-14(15)19-8-6-12(10-19)21-16(22)13-3-2-7-20(13)17(21)23/h4-5,9,12-13H,2-3,6-8,10H2,1H3/t12-,13-/m0/s1. The highest BCUT2D eigenvalue weighted by atomic mass is 35.5. The maximum Gasteiger partial charge on any atom is 0.327 e. The van der Waals surface area contributed by atoms with E-state index in [-0.39, 0.29) is 24.0 Å². The van der Waals surface area contributed by atoms with Gasteiger partial charge in [-0.1, -0.05) is 11.6 Å². The smallest absolute Gasteiger partial charge is 0.327 e. The molecule has 1 aromatic rings. The summed E-state index contributed by atoms with van der Waals surface area (Å²) in [7, 11) is 1.63. The lowest BCUT2D eigenvalue weighted by molar-refractivity contribution is -0.129. The van der Waals surface area contributed by atoms with Crippen LogP contribution in [-0.2, 0) is 4.79 Å². The van der Waals surface area contributed by atoms with Crippen molar-refractivity contribution in [3.8, 4) is 5.75 Å². The molecule has 3 fully saturated rings. The van der Waals surface area contributed by atoms with E-state index in [9.17, 15) is 9.59 Å². The van der Waals surface area contributed by atoms with Crippen molar-refractivity contribution in [3.05, 3.63) is 23.2 Å². The van der Waals surface area contributed by atoms with E-state index in [0.717, 1.165) is 37.2 Å². The van der Waals surface area contributed by atoms with Crippen molar-refractivity contribution in [3.63, 3.8) is 0 Å². The van der Waals surface area contributed by atoms with Gasteiger partial charge < -0.3 is 14.5 Å². The Morgan fingerprint density at radius 2 is 2.04 bits per heavy atom. The second-order valence-electron chi connectivity index (χ2n) is 6.55. The maximum absolute atomic E-state index is 12.6. The lowest BCUT2D eigenvalue weighted by Crippen LogP contribution is -2.43. The van der Waals surface area contributed by atoms with Gasteiger partial charge in [0.25, 0.3) is 5.91 Å². The number of methoxy groups -OCH3 is 1. The molecule has 3 amide bonds. The van der Waals surface area contributed by atoms with E-state index in [1.807, 2.05) is 12.1 Å². The van der Waals surface area contributed by atoms with Crippen LogP contribution in [0.2, 0.25) is 5.02 Å². The third-order valence-corrected chi connectivity index (χ3v) is 5.47. The molecule has 4 rings (SSSR count). The average molecular weight is 350 g/mol. The highest BCUT2D eigenvalue weighted by Crippen LogP contribution is 2.36. The van der Waals surface area contributed by atoms with Gasteiger partial charge in [0.2, 0.25) is 0 Å². The minimum absolute atomic E-state index is 0.0255. The summed E-state index contributed by atoms with van der Waals surface area (Å²) in [5.41, 5.74) is 0.909. The number of urea groups is 1. The predicted molar refractivity (Wildman–Crippen MR) is 90.6 cm³/mol. The minimum Gasteiger partial charge on any atom is -0.495 e. The van der Waals surface area contributed by atoms with Crippen molar-refractivity contribution in [1.29, 1.82) is 0 Å². The Bertz CT molecular complexity index is 674. The molecule has 3 saturated heterocycles. The van der Waals surface area contributed by atoms with Gasteiger partial charge in [0.1, 0.15) is 11.8 Å². The Morgan fingerprint density at radius 3 is 2.79 bits per heavy atom. The highest BCUT2D eigenvalue weighted by Gasteiger charge is 2.50. The summed E-state index contributed by atoms with van der Waals surface area (Å²) in [4.78, 5) is 30.5. The molecule has 24 heavy (non-hydrogen) atoms. The first-order valence-electron chi connectivity index (χ1n) is 8.32. The van der Waals surface area contributed by atoms with Crippen molar-refractivity contribution in [2.75, 3.05) is 31.6 Å². The van der Waals surface area contributed by atoms with E-state index >= 15 is 0 Å². The number of fused-ring (bicyclic) bond motifs is 1. The molecule has 0 bridgehead atoms. The number of amides is 3. The third kappa shape index (κ3) is 2.32. The normalized spacial score (nSPS) is 26.5. The summed E-state index contributed by atoms with van der Waals surface area (Å²) in [6, 6.07) is 5.07. The van der Waals surface area contributed by atoms with E-state index in [4.69, 9.17) is 16.3 Å². The predicted octanol–water partition coefficient (Wildman–Crippen LogP) is 2.35. The summed E-state index contributed by atoms with van der Waals surface area (Å²) in [5.74, 6) is 0.724. The zero-order valence-electron chi connectivity index (χ0n) is 13.6. The van der Waals surface area contributed by atoms with Gasteiger partial charge in [-0.3, -0.25) is 9.69 Å². The fraction of sp³-hybridized carbons (Fsp3) is 0.529. The first kappa shape index (κ1) is 15.6. The molecule has 0 aromatic heterocycles. The molecule has 0 radical (unpaired) electrons. The van der Waals surface area contributed by atoms with Crippen molar-refractivity contribution >= 4 is 29.2 Å². The van der Waals surface area contributed by atoms with Crippen LogP contribution in [0.3, 0.4) is 0 Å². The van der Waals surface area contributed by atoms with E-state index in [1.165, 1.54) is 4.90 Å². The molecule has 2 atom stereocenters. The number of hydrogen-bond donors (Lipinski definition) is 0. The van der Waals surface area contributed by atoms with Crippen LogP contribution in [0, 0.1) is 0 Å². The van der Waals surface area contributed by atoms with E-state index in [1.54, 1.807) is 18.1 Å². The molecule has 0 unspecified atom stereocenters. The number of halogens is 1. The molecule has 3 aliphatic heterocycles. The van der Waals surface area contributed by atoms with Gasteiger partial charge in [-0.15, -0.1) is 0 Å². The van der Waals surface area contributed by atoms with Gasteiger partial charge in [-0.05, 0) is 37.5 Å². The molecule has 0 N–H and O–H groups in total. The van der Waals surface area contributed by atoms with Crippen molar-refractivity contribution in [2.24, 2.45) is 0 Å². The molecule has 0 aliphatic carbocycles. The van der Waals surface area contributed by atoms with Gasteiger partial charge in [0.15, 0.2) is 0 Å². The Balaban J connectivity index is 1.54. The quantitative estimate of drug-likeness (QED) is 0.786. The number of carbonyl (C=O) groups is 2. The van der Waals surface area contributed by atoms with Gasteiger partial charge in [-0.2, -0.15) is 0 Å². The van der Waals surface area contributed by atoms with E-state index in [2.05, 4.69) is 4.90 Å². The lowest BCUT2D eigenvalue weighted by atomic mass is 10.2. The van der Waals surface area contributed by atoms with Crippen LogP contribution in [-0.4, -0.2) is 60.6 Å². The maximum atomic E-state index is 12.6. The number of hydrogen-bond acceptors (Lipinski definition) is 4. The van der Waals surface area contributed by atoms with Crippen LogP contribution in [0.15, 0.2) is 18.2 Å². The summed E-state index contributed by atoms with van der Waals surface area (Å²) >= 11 is 6.12. The summed E-state index contributed by atoms with van der Waals surface area (Å²) in [6.07, 6.45) is 2.49. The lowest BCUT2D eigenvalue weighted by Gasteiger charge is -2.25. The summed E-state index contributed by atoms with van der Waals surface area (Å²) < 4.78 is 5.42. The molecule has 3 aliphatic rings. The number of ether oxygens (including phenoxy) is 1. The fourth-order valence-electron chi connectivity index (χ4n) is 4.06. The Morgan fingerprint density at radius 1 is 1.21 bits per heavy atom. The van der Waals surface area contributed by atoms with Gasteiger partial charge >= 0.3 is 6.03 Å². The third-order valence-electron chi connectivity index (χ3n) is 5.24. The summed E-state index contributed by atoms with van der Waals surface area (Å²) in [5, 5.41) is 0.642. The van der Waals surface area contributed by atoms with Crippen molar-refractivity contribution in [1.82, 2.24) is 9.80 Å². The van der Waals surface area contributed by atoms with Gasteiger partial charge in [0, 0.05) is 24.7 Å². The number of imide groups is 1. The van der Waals surface area contributed by atoms with E-state index in [0.29, 0.717) is 18.1 Å². The number of rotatable bonds is 3. The zero-order valence-corrected chi connectivity index (χ0v) is 14.3. The zero-order chi connectivity index (χ0) is 16.8. The fourth-order valence-corrected chi connectivity index (χ4v) is 4.23. The molecule has 6 nitrogen and oxygen atoms in total. The summed E-state index contributed by atoms with van der Waals surface area (Å²) in [6.45, 7) is 2.09. The molecule has 1 aromatic carbocycles. The molecule has 7 heteroatoms. The average Bonchev–Trinajstić information content (AvgIpc) is 3.27. The molecular formula is C17H20ClN3O3. The highest BCUT2D eigenvalue weighted by molar-refractivity contribution is 6.31. The molecule has 0 saturated carbocycles. The van der Waals surface area contributed by atoms with Crippen LogP contribution in [0.5, 0.6) is 5.75 Å². The first-order chi connectivity index (χ1) is 11.6. The molecule has 128 valence electrons. The van der Waals surface area contributed by atoms with Crippen LogP contribution in [0.4, 0.5) is 10.5 Å². The van der Waals surface area contributed by atoms with Crippen LogP contribution >= 0.6 is 11.6 Å². The molecule has 0 spiro atoms. The number of carbonyl (C=O) groups excluding carboxylic acids is 2. The Hall–Kier alpha value is -1.95. The number of anilines is 1. The largest absolute Gasteiger partial charge is 0.495 e. The second kappa shape index (κ2) is 5.84. The van der Waals surface area contributed by atoms with Gasteiger partial charge in [0.05, 0.1) is 18.8 Å². The van der Waals surface area contributed by atoms with Crippen molar-refractivity contribution < 1.29 is 14.3 Å². The van der Waals surface area contributed by atoms with Crippen LogP contribution in [0.25, 0.3) is 0 Å². The Labute approximate surface area is 145 Å². The monoisotopic (exact) mass is 349 g/mol. The molecular weight excluding hydrogens is 330 g/mol. The number of nitrogens with zero attached hydrogens (tertiary/aromatic N) is 3. The minimum atomic E-state index is -0.229. The second-order valence-corrected chi connectivity index (χ2v) is 6.98. The van der Waals surface area contributed by atoms with E-state index < -0.39 is 0 Å².